The van der Waals surface area contributed by atoms with Crippen LogP contribution in [-0.4, -0.2) is 11.1 Å². The summed E-state index contributed by atoms with van der Waals surface area (Å²) in [5.41, 5.74) is 5.29. The normalized spacial score (nSPS) is 19.9. The van der Waals surface area contributed by atoms with Gasteiger partial charge in [0.2, 0.25) is 0 Å². The standard InChI is InChI=1S/C18H24O2/c1-12-10-14-15(11-13(12)6-7-16(19)20)18(4,5)9-8-17(14,2)3/h6-7,10-11H,8-9H2,1-5H3,(H,19,20). The maximum absolute atomic E-state index is 10.7. The number of hydrogen-bond acceptors (Lipinski definition) is 1. The fourth-order valence-electron chi connectivity index (χ4n) is 3.08. The van der Waals surface area contributed by atoms with E-state index in [1.807, 2.05) is 0 Å². The second-order valence-corrected chi connectivity index (χ2v) is 7.19. The van der Waals surface area contributed by atoms with Gasteiger partial charge in [-0.3, -0.25) is 0 Å². The molecule has 0 radical (unpaired) electrons. The summed E-state index contributed by atoms with van der Waals surface area (Å²) < 4.78 is 0. The summed E-state index contributed by atoms with van der Waals surface area (Å²) in [5.74, 6) is -0.901. The summed E-state index contributed by atoms with van der Waals surface area (Å²) in [4.78, 5) is 10.7. The minimum absolute atomic E-state index is 0.157. The average Bonchev–Trinajstić information content (AvgIpc) is 2.33. The van der Waals surface area contributed by atoms with E-state index in [1.165, 1.54) is 23.6 Å². The molecule has 2 rings (SSSR count). The van der Waals surface area contributed by atoms with Gasteiger partial charge in [-0.1, -0.05) is 39.8 Å². The van der Waals surface area contributed by atoms with Crippen LogP contribution in [0.15, 0.2) is 18.2 Å². The molecule has 1 aliphatic rings. The minimum Gasteiger partial charge on any atom is -0.478 e. The molecule has 2 nitrogen and oxygen atoms in total. The number of carboxylic acid groups (broad SMARTS) is 1. The quantitative estimate of drug-likeness (QED) is 0.808. The number of aliphatic carboxylic acids is 1. The van der Waals surface area contributed by atoms with E-state index in [4.69, 9.17) is 5.11 Å². The van der Waals surface area contributed by atoms with Crippen LogP contribution in [0.4, 0.5) is 0 Å². The molecular formula is C18H24O2. The number of fused-ring (bicyclic) bond motifs is 1. The third-order valence-electron chi connectivity index (χ3n) is 4.64. The molecule has 0 atom stereocenters. The zero-order valence-electron chi connectivity index (χ0n) is 13.1. The fraction of sp³-hybridized carbons (Fsp3) is 0.500. The molecule has 1 aromatic rings. The topological polar surface area (TPSA) is 37.3 Å². The van der Waals surface area contributed by atoms with Crippen molar-refractivity contribution in [3.8, 4) is 0 Å². The van der Waals surface area contributed by atoms with Crippen molar-refractivity contribution in [3.05, 3.63) is 40.5 Å². The summed E-state index contributed by atoms with van der Waals surface area (Å²) >= 11 is 0. The molecule has 0 spiro atoms. The van der Waals surface area contributed by atoms with E-state index in [2.05, 4.69) is 46.8 Å². The highest BCUT2D eigenvalue weighted by Gasteiger charge is 2.37. The Morgan fingerprint density at radius 2 is 1.60 bits per heavy atom. The van der Waals surface area contributed by atoms with Gasteiger partial charge in [0.15, 0.2) is 0 Å². The summed E-state index contributed by atoms with van der Waals surface area (Å²) in [5, 5.41) is 8.80. The van der Waals surface area contributed by atoms with Crippen LogP contribution in [0.25, 0.3) is 6.08 Å². The van der Waals surface area contributed by atoms with Gasteiger partial charge in [-0.05, 0) is 58.9 Å². The van der Waals surface area contributed by atoms with Crippen molar-refractivity contribution in [2.45, 2.75) is 58.3 Å². The van der Waals surface area contributed by atoms with Gasteiger partial charge in [-0.2, -0.15) is 0 Å². The summed E-state index contributed by atoms with van der Waals surface area (Å²) in [6.45, 7) is 11.2. The van der Waals surface area contributed by atoms with Crippen molar-refractivity contribution < 1.29 is 9.90 Å². The van der Waals surface area contributed by atoms with Gasteiger partial charge < -0.3 is 5.11 Å². The average molecular weight is 272 g/mol. The van der Waals surface area contributed by atoms with Crippen LogP contribution >= 0.6 is 0 Å². The molecule has 0 amide bonds. The van der Waals surface area contributed by atoms with Crippen LogP contribution in [-0.2, 0) is 15.6 Å². The second kappa shape index (κ2) is 4.76. The molecule has 108 valence electrons. The Morgan fingerprint density at radius 3 is 2.10 bits per heavy atom. The lowest BCUT2D eigenvalue weighted by Gasteiger charge is -2.42. The van der Waals surface area contributed by atoms with E-state index in [1.54, 1.807) is 6.08 Å². The van der Waals surface area contributed by atoms with Gasteiger partial charge in [0.1, 0.15) is 0 Å². The molecule has 2 heteroatoms. The Morgan fingerprint density at radius 1 is 1.10 bits per heavy atom. The van der Waals surface area contributed by atoms with Crippen LogP contribution in [0.2, 0.25) is 0 Å². The number of rotatable bonds is 2. The Labute approximate surface area is 121 Å². The molecule has 1 aromatic carbocycles. The third kappa shape index (κ3) is 2.65. The molecule has 1 aliphatic carbocycles. The van der Waals surface area contributed by atoms with Gasteiger partial charge in [0.05, 0.1) is 0 Å². The van der Waals surface area contributed by atoms with Gasteiger partial charge in [0.25, 0.3) is 0 Å². The second-order valence-electron chi connectivity index (χ2n) is 7.19. The van der Waals surface area contributed by atoms with Crippen molar-refractivity contribution in [3.63, 3.8) is 0 Å². The molecular weight excluding hydrogens is 248 g/mol. The highest BCUT2D eigenvalue weighted by atomic mass is 16.4. The molecule has 0 unspecified atom stereocenters. The molecule has 0 saturated heterocycles. The van der Waals surface area contributed by atoms with Crippen LogP contribution in [0.5, 0.6) is 0 Å². The third-order valence-corrected chi connectivity index (χ3v) is 4.64. The Bertz CT molecular complexity index is 577. The highest BCUT2D eigenvalue weighted by Crippen LogP contribution is 2.46. The van der Waals surface area contributed by atoms with E-state index >= 15 is 0 Å². The van der Waals surface area contributed by atoms with Gasteiger partial charge in [0, 0.05) is 6.08 Å². The SMILES string of the molecule is Cc1cc2c(cc1C=CC(=O)O)C(C)(C)CCC2(C)C. The molecule has 20 heavy (non-hydrogen) atoms. The van der Waals surface area contributed by atoms with Gasteiger partial charge in [-0.15, -0.1) is 0 Å². The maximum Gasteiger partial charge on any atom is 0.328 e. The van der Waals surface area contributed by atoms with Crippen molar-refractivity contribution >= 4 is 12.0 Å². The molecule has 0 fully saturated rings. The number of aryl methyl sites for hydroxylation is 1. The number of benzene rings is 1. The lowest BCUT2D eigenvalue weighted by Crippen LogP contribution is -2.34. The summed E-state index contributed by atoms with van der Waals surface area (Å²) in [6, 6.07) is 4.43. The van der Waals surface area contributed by atoms with E-state index in [9.17, 15) is 4.79 Å². The molecule has 1 N–H and O–H groups in total. The monoisotopic (exact) mass is 272 g/mol. The van der Waals surface area contributed by atoms with Crippen molar-refractivity contribution in [2.24, 2.45) is 0 Å². The van der Waals surface area contributed by atoms with Gasteiger partial charge in [-0.25, -0.2) is 4.79 Å². The van der Waals surface area contributed by atoms with Crippen molar-refractivity contribution in [2.75, 3.05) is 0 Å². The molecule has 0 saturated carbocycles. The Kier molecular flexibility index (Phi) is 3.53. The van der Waals surface area contributed by atoms with Crippen LogP contribution in [0.3, 0.4) is 0 Å². The lowest BCUT2D eigenvalue weighted by molar-refractivity contribution is -0.131. The van der Waals surface area contributed by atoms with Gasteiger partial charge >= 0.3 is 5.97 Å². The smallest absolute Gasteiger partial charge is 0.328 e. The van der Waals surface area contributed by atoms with E-state index in [0.29, 0.717) is 0 Å². The van der Waals surface area contributed by atoms with E-state index in [0.717, 1.165) is 17.5 Å². The van der Waals surface area contributed by atoms with Crippen molar-refractivity contribution in [1.82, 2.24) is 0 Å². The molecule has 0 aromatic heterocycles. The maximum atomic E-state index is 10.7. The first kappa shape index (κ1) is 14.8. The van der Waals surface area contributed by atoms with Crippen LogP contribution < -0.4 is 0 Å². The van der Waals surface area contributed by atoms with Crippen LogP contribution in [0, 0.1) is 6.92 Å². The Hall–Kier alpha value is -1.57. The summed E-state index contributed by atoms with van der Waals surface area (Å²) in [6.07, 6.45) is 5.28. The number of carbonyl (C=O) groups is 1. The predicted molar refractivity (Wildman–Crippen MR) is 83.1 cm³/mol. The Balaban J connectivity index is 2.60. The zero-order chi connectivity index (χ0) is 15.1. The summed E-state index contributed by atoms with van der Waals surface area (Å²) in [7, 11) is 0. The first-order chi connectivity index (χ1) is 9.13. The number of hydrogen-bond donors (Lipinski definition) is 1. The first-order valence-corrected chi connectivity index (χ1v) is 7.20. The fourth-order valence-corrected chi connectivity index (χ4v) is 3.08. The van der Waals surface area contributed by atoms with Crippen molar-refractivity contribution in [1.29, 1.82) is 0 Å². The highest BCUT2D eigenvalue weighted by molar-refractivity contribution is 5.85. The predicted octanol–water partition coefficient (Wildman–Crippen LogP) is 4.44. The van der Waals surface area contributed by atoms with E-state index < -0.39 is 5.97 Å². The molecule has 0 heterocycles. The largest absolute Gasteiger partial charge is 0.478 e. The lowest BCUT2D eigenvalue weighted by atomic mass is 9.62. The minimum atomic E-state index is -0.901. The first-order valence-electron chi connectivity index (χ1n) is 7.20. The molecule has 0 aliphatic heterocycles. The molecule has 0 bridgehead atoms. The number of carboxylic acids is 1. The van der Waals surface area contributed by atoms with Crippen LogP contribution in [0.1, 0.15) is 62.8 Å². The zero-order valence-corrected chi connectivity index (χ0v) is 13.1. The van der Waals surface area contributed by atoms with E-state index in [-0.39, 0.29) is 10.8 Å².